The van der Waals surface area contributed by atoms with Gasteiger partial charge >= 0.3 is 0 Å². The number of hydrogen-bond acceptors (Lipinski definition) is 5. The molecule has 154 valence electrons. The number of thioether (sulfide) groups is 1. The summed E-state index contributed by atoms with van der Waals surface area (Å²) in [6.07, 6.45) is 0. The quantitative estimate of drug-likeness (QED) is 0.750. The predicted molar refractivity (Wildman–Crippen MR) is 116 cm³/mol. The molecule has 2 atom stereocenters. The third-order valence-electron chi connectivity index (χ3n) is 4.89. The summed E-state index contributed by atoms with van der Waals surface area (Å²) in [5.74, 6) is -1.56. The molecule has 2 aromatic carbocycles. The molecule has 6 nitrogen and oxygen atoms in total. The van der Waals surface area contributed by atoms with Crippen molar-refractivity contribution in [3.63, 3.8) is 0 Å². The highest BCUT2D eigenvalue weighted by Gasteiger charge is 2.27. The molecule has 2 N–H and O–H groups in total. The Balaban J connectivity index is 1.76. The van der Waals surface area contributed by atoms with Crippen LogP contribution in [0.15, 0.2) is 46.2 Å². The lowest BCUT2D eigenvalue weighted by atomic mass is 10.1. The average molecular weight is 433 g/mol. The normalized spacial score (nSPS) is 17.2. The van der Waals surface area contributed by atoms with Crippen molar-refractivity contribution in [3.8, 4) is 0 Å². The Morgan fingerprint density at radius 3 is 2.52 bits per heavy atom. The fraction of sp³-hybridized carbons (Fsp3) is 0.333. The van der Waals surface area contributed by atoms with Crippen molar-refractivity contribution >= 4 is 44.8 Å². The summed E-state index contributed by atoms with van der Waals surface area (Å²) in [6, 6.07) is 10.4. The van der Waals surface area contributed by atoms with E-state index in [1.807, 2.05) is 32.0 Å². The standard InChI is InChI=1S/C21H24N2O4S2/c1-12-6-5-7-13(2)19(12)23-20(24)14(3)11-29(26,27)16-8-9-18-17(10-16)22-21(25)15(4)28-18/h5-10,14-15H,11H2,1-4H3,(H,22,25)(H,23,24)/t14-,15-/m0/s1. The van der Waals surface area contributed by atoms with Crippen LogP contribution < -0.4 is 10.6 Å². The summed E-state index contributed by atoms with van der Waals surface area (Å²) in [6.45, 7) is 7.18. The molecule has 0 bridgehead atoms. The van der Waals surface area contributed by atoms with Gasteiger partial charge in [0, 0.05) is 16.5 Å². The van der Waals surface area contributed by atoms with Crippen molar-refractivity contribution in [2.24, 2.45) is 5.92 Å². The van der Waals surface area contributed by atoms with Gasteiger partial charge in [-0.05, 0) is 50.1 Å². The largest absolute Gasteiger partial charge is 0.325 e. The Kier molecular flexibility index (Phi) is 6.05. The molecule has 8 heteroatoms. The lowest BCUT2D eigenvalue weighted by Crippen LogP contribution is -2.28. The first-order valence-corrected chi connectivity index (χ1v) is 11.8. The number of nitrogens with one attached hydrogen (secondary N) is 2. The molecule has 29 heavy (non-hydrogen) atoms. The molecule has 0 saturated carbocycles. The molecule has 0 fully saturated rings. The molecular formula is C21H24N2O4S2. The van der Waals surface area contributed by atoms with Crippen LogP contribution in [0.4, 0.5) is 11.4 Å². The minimum atomic E-state index is -3.70. The summed E-state index contributed by atoms with van der Waals surface area (Å²) in [7, 11) is -3.70. The molecule has 1 heterocycles. The number of sulfone groups is 1. The molecule has 0 aliphatic carbocycles. The summed E-state index contributed by atoms with van der Waals surface area (Å²) in [5.41, 5.74) is 3.05. The van der Waals surface area contributed by atoms with Crippen molar-refractivity contribution in [2.45, 2.75) is 42.7 Å². The van der Waals surface area contributed by atoms with Crippen molar-refractivity contribution in [2.75, 3.05) is 16.4 Å². The number of anilines is 2. The average Bonchev–Trinajstić information content (AvgIpc) is 2.64. The minimum absolute atomic E-state index is 0.0958. The van der Waals surface area contributed by atoms with E-state index in [0.717, 1.165) is 16.0 Å². The zero-order valence-corrected chi connectivity index (χ0v) is 18.4. The summed E-state index contributed by atoms with van der Waals surface area (Å²) in [4.78, 5) is 25.4. The molecule has 1 aliphatic rings. The number of benzene rings is 2. The number of aryl methyl sites for hydroxylation is 2. The Labute approximate surface area is 175 Å². The highest BCUT2D eigenvalue weighted by atomic mass is 32.2. The van der Waals surface area contributed by atoms with Crippen LogP contribution in [0.3, 0.4) is 0 Å². The lowest BCUT2D eigenvalue weighted by Gasteiger charge is -2.22. The predicted octanol–water partition coefficient (Wildman–Crippen LogP) is 3.78. The van der Waals surface area contributed by atoms with Crippen molar-refractivity contribution < 1.29 is 18.0 Å². The second-order valence-electron chi connectivity index (χ2n) is 7.35. The molecule has 0 spiro atoms. The third-order valence-corrected chi connectivity index (χ3v) is 7.98. The van der Waals surface area contributed by atoms with Gasteiger partial charge in [0.2, 0.25) is 11.8 Å². The maximum Gasteiger partial charge on any atom is 0.237 e. The monoisotopic (exact) mass is 432 g/mol. The van der Waals surface area contributed by atoms with Crippen LogP contribution in [-0.4, -0.2) is 31.2 Å². The topological polar surface area (TPSA) is 92.3 Å². The number of rotatable bonds is 5. The number of fused-ring (bicyclic) bond motifs is 1. The molecule has 2 aromatic rings. The minimum Gasteiger partial charge on any atom is -0.325 e. The van der Waals surface area contributed by atoms with Crippen LogP contribution in [-0.2, 0) is 19.4 Å². The first-order valence-electron chi connectivity index (χ1n) is 9.30. The first kappa shape index (κ1) is 21.4. The van der Waals surface area contributed by atoms with Crippen LogP contribution in [0.2, 0.25) is 0 Å². The molecule has 0 saturated heterocycles. The SMILES string of the molecule is Cc1cccc(C)c1NC(=O)[C@@H](C)CS(=O)(=O)c1ccc2c(c1)NC(=O)[C@H](C)S2. The zero-order chi connectivity index (χ0) is 21.3. The number of carbonyl (C=O) groups excluding carboxylic acids is 2. The number of carbonyl (C=O) groups is 2. The van der Waals surface area contributed by atoms with E-state index in [-0.39, 0.29) is 27.7 Å². The molecule has 0 unspecified atom stereocenters. The molecule has 0 aromatic heterocycles. The van der Waals surface area contributed by atoms with Gasteiger partial charge in [-0.15, -0.1) is 11.8 Å². The molecule has 0 radical (unpaired) electrons. The van der Waals surface area contributed by atoms with Crippen molar-refractivity contribution in [3.05, 3.63) is 47.5 Å². The summed E-state index contributed by atoms with van der Waals surface area (Å²) >= 11 is 1.39. The Morgan fingerprint density at radius 1 is 1.21 bits per heavy atom. The molecule has 1 aliphatic heterocycles. The smallest absolute Gasteiger partial charge is 0.237 e. The van der Waals surface area contributed by atoms with E-state index in [2.05, 4.69) is 10.6 Å². The van der Waals surface area contributed by atoms with Gasteiger partial charge in [-0.25, -0.2) is 8.42 Å². The second kappa shape index (κ2) is 8.20. The van der Waals surface area contributed by atoms with E-state index in [0.29, 0.717) is 11.4 Å². The van der Waals surface area contributed by atoms with E-state index < -0.39 is 15.8 Å². The maximum atomic E-state index is 12.9. The van der Waals surface area contributed by atoms with E-state index in [9.17, 15) is 18.0 Å². The Bertz CT molecular complexity index is 1060. The molecule has 3 rings (SSSR count). The van der Waals surface area contributed by atoms with Gasteiger partial charge in [0.05, 0.1) is 21.6 Å². The van der Waals surface area contributed by atoms with Gasteiger partial charge in [-0.2, -0.15) is 0 Å². The Morgan fingerprint density at radius 2 is 1.86 bits per heavy atom. The first-order chi connectivity index (χ1) is 13.6. The van der Waals surface area contributed by atoms with Gasteiger partial charge in [0.15, 0.2) is 9.84 Å². The van der Waals surface area contributed by atoms with E-state index in [1.165, 1.54) is 23.9 Å². The number of hydrogen-bond donors (Lipinski definition) is 2. The summed E-state index contributed by atoms with van der Waals surface area (Å²) in [5, 5.41) is 5.37. The van der Waals surface area contributed by atoms with E-state index in [4.69, 9.17) is 0 Å². The molecule has 2 amide bonds. The lowest BCUT2D eigenvalue weighted by molar-refractivity contribution is -0.119. The number of amides is 2. The van der Waals surface area contributed by atoms with Crippen LogP contribution in [0.1, 0.15) is 25.0 Å². The van der Waals surface area contributed by atoms with Gasteiger partial charge in [-0.1, -0.05) is 25.1 Å². The maximum absolute atomic E-state index is 12.9. The second-order valence-corrected chi connectivity index (χ2v) is 10.8. The van der Waals surface area contributed by atoms with Crippen LogP contribution in [0.25, 0.3) is 0 Å². The van der Waals surface area contributed by atoms with Crippen LogP contribution >= 0.6 is 11.8 Å². The fourth-order valence-corrected chi connectivity index (χ4v) is 5.65. The van der Waals surface area contributed by atoms with Crippen molar-refractivity contribution in [1.29, 1.82) is 0 Å². The fourth-order valence-electron chi connectivity index (χ4n) is 3.14. The van der Waals surface area contributed by atoms with Crippen LogP contribution in [0, 0.1) is 19.8 Å². The zero-order valence-electron chi connectivity index (χ0n) is 16.8. The summed E-state index contributed by atoms with van der Waals surface area (Å²) < 4.78 is 25.7. The third kappa shape index (κ3) is 4.64. The Hall–Kier alpha value is -2.32. The van der Waals surface area contributed by atoms with Gasteiger partial charge in [-0.3, -0.25) is 9.59 Å². The number of para-hydroxylation sites is 1. The van der Waals surface area contributed by atoms with Gasteiger partial charge in [0.25, 0.3) is 0 Å². The van der Waals surface area contributed by atoms with E-state index >= 15 is 0 Å². The van der Waals surface area contributed by atoms with Crippen molar-refractivity contribution in [1.82, 2.24) is 0 Å². The van der Waals surface area contributed by atoms with Gasteiger partial charge in [0.1, 0.15) is 0 Å². The highest BCUT2D eigenvalue weighted by Crippen LogP contribution is 2.37. The van der Waals surface area contributed by atoms with Crippen LogP contribution in [0.5, 0.6) is 0 Å². The highest BCUT2D eigenvalue weighted by molar-refractivity contribution is 8.01. The van der Waals surface area contributed by atoms with Gasteiger partial charge < -0.3 is 10.6 Å². The molecular weight excluding hydrogens is 408 g/mol. The van der Waals surface area contributed by atoms with E-state index in [1.54, 1.807) is 19.9 Å².